The summed E-state index contributed by atoms with van der Waals surface area (Å²) < 4.78 is 7.13. The summed E-state index contributed by atoms with van der Waals surface area (Å²) in [6.07, 6.45) is 0. The van der Waals surface area contributed by atoms with E-state index in [0.717, 1.165) is 3.57 Å². The molecule has 0 aliphatic rings. The van der Waals surface area contributed by atoms with Crippen molar-refractivity contribution in [1.29, 1.82) is 0 Å². The second-order valence-corrected chi connectivity index (χ2v) is 8.69. The number of nitrogens with zero attached hydrogens (tertiary/aromatic N) is 2. The Bertz CT molecular complexity index is 917. The number of hydrogen-bond acceptors (Lipinski definition) is 7. The first kappa shape index (κ1) is 19.8. The molecule has 0 bridgehead atoms. The first-order valence-electron chi connectivity index (χ1n) is 7.83. The molecule has 1 amide bonds. The van der Waals surface area contributed by atoms with Crippen LogP contribution in [0.3, 0.4) is 0 Å². The highest BCUT2D eigenvalue weighted by molar-refractivity contribution is 14.1. The smallest absolute Gasteiger partial charge is 0.264 e. The van der Waals surface area contributed by atoms with Gasteiger partial charge < -0.3 is 4.74 Å². The fourth-order valence-electron chi connectivity index (χ4n) is 1.99. The first-order chi connectivity index (χ1) is 13.1. The van der Waals surface area contributed by atoms with Crippen LogP contribution >= 0.6 is 45.7 Å². The number of carbonyl (C=O) groups excluding carboxylic acids is 2. The van der Waals surface area contributed by atoms with Gasteiger partial charge in [-0.25, -0.2) is 0 Å². The van der Waals surface area contributed by atoms with Crippen molar-refractivity contribution in [2.75, 3.05) is 17.7 Å². The number of rotatable bonds is 8. The van der Waals surface area contributed by atoms with E-state index in [4.69, 9.17) is 4.74 Å². The van der Waals surface area contributed by atoms with E-state index in [0.29, 0.717) is 20.8 Å². The van der Waals surface area contributed by atoms with E-state index in [9.17, 15) is 9.59 Å². The fourth-order valence-corrected chi connectivity index (χ4v) is 4.01. The number of aromatic nitrogens is 2. The summed E-state index contributed by atoms with van der Waals surface area (Å²) in [5.41, 5.74) is 0.663. The maximum atomic E-state index is 12.1. The second-order valence-electron chi connectivity index (χ2n) is 5.24. The van der Waals surface area contributed by atoms with Crippen molar-refractivity contribution < 1.29 is 14.3 Å². The van der Waals surface area contributed by atoms with Crippen LogP contribution in [0.2, 0.25) is 0 Å². The predicted molar refractivity (Wildman–Crippen MR) is 115 cm³/mol. The van der Waals surface area contributed by atoms with Gasteiger partial charge in [0.25, 0.3) is 5.91 Å². The van der Waals surface area contributed by atoms with E-state index in [-0.39, 0.29) is 24.1 Å². The van der Waals surface area contributed by atoms with Gasteiger partial charge in [-0.3, -0.25) is 14.9 Å². The van der Waals surface area contributed by atoms with Crippen LogP contribution in [0.15, 0.2) is 58.9 Å². The number of benzene rings is 2. The molecular formula is C18H14IN3O3S2. The van der Waals surface area contributed by atoms with Gasteiger partial charge in [0.05, 0.1) is 5.75 Å². The minimum atomic E-state index is -0.318. The molecule has 27 heavy (non-hydrogen) atoms. The summed E-state index contributed by atoms with van der Waals surface area (Å²) in [5.74, 6) is 0.593. The highest BCUT2D eigenvalue weighted by Crippen LogP contribution is 2.26. The van der Waals surface area contributed by atoms with E-state index >= 15 is 0 Å². The van der Waals surface area contributed by atoms with Gasteiger partial charge in [-0.05, 0) is 46.9 Å². The molecule has 0 fully saturated rings. The number of anilines is 1. The first-order valence-corrected chi connectivity index (χ1v) is 10.7. The van der Waals surface area contributed by atoms with Crippen LogP contribution < -0.4 is 10.1 Å². The number of carbonyl (C=O) groups is 2. The van der Waals surface area contributed by atoms with Gasteiger partial charge in [0, 0.05) is 9.13 Å². The van der Waals surface area contributed by atoms with Gasteiger partial charge in [-0.1, -0.05) is 53.4 Å². The van der Waals surface area contributed by atoms with Crippen molar-refractivity contribution >= 4 is 62.5 Å². The van der Waals surface area contributed by atoms with E-state index < -0.39 is 0 Å². The monoisotopic (exact) mass is 511 g/mol. The summed E-state index contributed by atoms with van der Waals surface area (Å²) in [4.78, 5) is 24.0. The van der Waals surface area contributed by atoms with Crippen LogP contribution in [0.5, 0.6) is 5.75 Å². The van der Waals surface area contributed by atoms with E-state index in [2.05, 4.69) is 38.1 Å². The van der Waals surface area contributed by atoms with Gasteiger partial charge in [0.2, 0.25) is 5.13 Å². The van der Waals surface area contributed by atoms with Crippen molar-refractivity contribution in [1.82, 2.24) is 10.2 Å². The second kappa shape index (κ2) is 9.81. The number of thioether (sulfide) groups is 1. The van der Waals surface area contributed by atoms with Crippen molar-refractivity contribution in [3.63, 3.8) is 0 Å². The van der Waals surface area contributed by atoms with Gasteiger partial charge in [0.15, 0.2) is 16.7 Å². The highest BCUT2D eigenvalue weighted by Gasteiger charge is 2.12. The van der Waals surface area contributed by atoms with Crippen molar-refractivity contribution in [3.05, 3.63) is 63.7 Å². The lowest BCUT2D eigenvalue weighted by molar-refractivity contribution is -0.118. The molecule has 0 unspecified atom stereocenters. The number of ketones is 1. The van der Waals surface area contributed by atoms with E-state index in [1.165, 1.54) is 23.1 Å². The quantitative estimate of drug-likeness (QED) is 0.212. The van der Waals surface area contributed by atoms with Gasteiger partial charge in [0.1, 0.15) is 5.75 Å². The third-order valence-electron chi connectivity index (χ3n) is 3.26. The SMILES string of the molecule is O=C(COc1ccc(I)cc1)Nc1nnc(SCC(=O)c2ccccc2)s1. The normalized spacial score (nSPS) is 10.4. The summed E-state index contributed by atoms with van der Waals surface area (Å²) in [6, 6.07) is 16.5. The van der Waals surface area contributed by atoms with Crippen LogP contribution in [0.4, 0.5) is 5.13 Å². The van der Waals surface area contributed by atoms with Gasteiger partial charge in [-0.15, -0.1) is 10.2 Å². The Morgan fingerprint density at radius 1 is 1.07 bits per heavy atom. The lowest BCUT2D eigenvalue weighted by atomic mass is 10.2. The van der Waals surface area contributed by atoms with Crippen molar-refractivity contribution in [3.8, 4) is 5.75 Å². The molecule has 9 heteroatoms. The standard InChI is InChI=1S/C18H14IN3O3S2/c19-13-6-8-14(9-7-13)25-10-16(24)20-17-21-22-18(27-17)26-11-15(23)12-4-2-1-3-5-12/h1-9H,10-11H2,(H,20,21,24). The Morgan fingerprint density at radius 3 is 2.56 bits per heavy atom. The zero-order chi connectivity index (χ0) is 19.1. The number of halogens is 1. The molecule has 0 aliphatic carbocycles. The molecule has 0 aliphatic heterocycles. The van der Waals surface area contributed by atoms with E-state index in [1.54, 1.807) is 24.3 Å². The van der Waals surface area contributed by atoms with Crippen LogP contribution in [-0.2, 0) is 4.79 Å². The lowest BCUT2D eigenvalue weighted by Crippen LogP contribution is -2.20. The maximum Gasteiger partial charge on any atom is 0.264 e. The molecule has 3 aromatic rings. The predicted octanol–water partition coefficient (Wildman–Crippen LogP) is 4.14. The number of amides is 1. The molecule has 0 saturated carbocycles. The summed E-state index contributed by atoms with van der Waals surface area (Å²) >= 11 is 4.71. The van der Waals surface area contributed by atoms with Crippen LogP contribution in [-0.4, -0.2) is 34.2 Å². The molecule has 138 valence electrons. The van der Waals surface area contributed by atoms with Crippen molar-refractivity contribution in [2.24, 2.45) is 0 Å². The molecule has 1 N–H and O–H groups in total. The molecule has 0 radical (unpaired) electrons. The average molecular weight is 511 g/mol. The summed E-state index contributed by atoms with van der Waals surface area (Å²) in [6.45, 7) is -0.116. The minimum absolute atomic E-state index is 0.0207. The Balaban J connectivity index is 1.45. The highest BCUT2D eigenvalue weighted by atomic mass is 127. The largest absolute Gasteiger partial charge is 0.484 e. The Labute approximate surface area is 177 Å². The Morgan fingerprint density at radius 2 is 1.81 bits per heavy atom. The Hall–Kier alpha value is -1.98. The van der Waals surface area contributed by atoms with Gasteiger partial charge >= 0.3 is 0 Å². The molecular weight excluding hydrogens is 497 g/mol. The molecule has 0 saturated heterocycles. The van der Waals surface area contributed by atoms with Crippen molar-refractivity contribution in [2.45, 2.75) is 4.34 Å². The molecule has 1 heterocycles. The van der Waals surface area contributed by atoms with Crippen LogP contribution in [0.25, 0.3) is 0 Å². The summed E-state index contributed by atoms with van der Waals surface area (Å²) in [5, 5.41) is 10.9. The molecule has 0 spiro atoms. The number of Topliss-reactive ketones (excluding diaryl/α,β-unsaturated/α-hetero) is 1. The molecule has 0 atom stereocenters. The topological polar surface area (TPSA) is 81.2 Å². The minimum Gasteiger partial charge on any atom is -0.484 e. The van der Waals surface area contributed by atoms with Crippen LogP contribution in [0.1, 0.15) is 10.4 Å². The number of hydrogen-bond donors (Lipinski definition) is 1. The molecule has 6 nitrogen and oxygen atoms in total. The molecule has 2 aromatic carbocycles. The Kier molecular flexibility index (Phi) is 7.18. The molecule has 1 aromatic heterocycles. The van der Waals surface area contributed by atoms with E-state index in [1.807, 2.05) is 30.3 Å². The average Bonchev–Trinajstić information content (AvgIpc) is 3.13. The fraction of sp³-hybridized carbons (Fsp3) is 0.111. The third-order valence-corrected chi connectivity index (χ3v) is 5.95. The number of ether oxygens (including phenoxy) is 1. The number of nitrogens with one attached hydrogen (secondary N) is 1. The summed E-state index contributed by atoms with van der Waals surface area (Å²) in [7, 11) is 0. The third kappa shape index (κ3) is 6.29. The molecule has 3 rings (SSSR count). The zero-order valence-corrected chi connectivity index (χ0v) is 17.7. The lowest BCUT2D eigenvalue weighted by Gasteiger charge is -2.05. The van der Waals surface area contributed by atoms with Gasteiger partial charge in [-0.2, -0.15) is 0 Å². The zero-order valence-electron chi connectivity index (χ0n) is 13.9. The van der Waals surface area contributed by atoms with Crippen LogP contribution in [0, 0.1) is 3.57 Å². The maximum absolute atomic E-state index is 12.1.